The molecule has 0 radical (unpaired) electrons. The lowest BCUT2D eigenvalue weighted by molar-refractivity contribution is 0.145. The van der Waals surface area contributed by atoms with Gasteiger partial charge >= 0.3 is 0 Å². The fourth-order valence-electron chi connectivity index (χ4n) is 0.735. The Morgan fingerprint density at radius 2 is 2.23 bits per heavy atom. The first kappa shape index (κ1) is 10.8. The van der Waals surface area contributed by atoms with Crippen molar-refractivity contribution < 1.29 is 8.78 Å². The molecule has 6 heteroatoms. The van der Waals surface area contributed by atoms with Gasteiger partial charge in [0.15, 0.2) is 0 Å². The van der Waals surface area contributed by atoms with Crippen LogP contribution in [0.15, 0.2) is 10.7 Å². The van der Waals surface area contributed by atoms with Gasteiger partial charge in [-0.05, 0) is 38.5 Å². The lowest BCUT2D eigenvalue weighted by Gasteiger charge is -2.04. The maximum absolute atomic E-state index is 12.3. The molecule has 0 fully saturated rings. The molecule has 0 N–H and O–H groups in total. The molecular formula is C7H2BrF2IN2. The molecule has 1 heterocycles. The van der Waals surface area contributed by atoms with Crippen molar-refractivity contribution in [1.29, 1.82) is 5.26 Å². The molecule has 0 aliphatic carbocycles. The average Bonchev–Trinajstić information content (AvgIpc) is 2.04. The molecule has 0 atom stereocenters. The Hall–Kier alpha value is -0.290. The number of nitriles is 1. The van der Waals surface area contributed by atoms with Gasteiger partial charge in [0.2, 0.25) is 0 Å². The van der Waals surface area contributed by atoms with Crippen molar-refractivity contribution in [3.8, 4) is 6.07 Å². The highest BCUT2D eigenvalue weighted by atomic mass is 127. The summed E-state index contributed by atoms with van der Waals surface area (Å²) in [5.74, 6) is 0. The third-order valence-electron chi connectivity index (χ3n) is 1.32. The summed E-state index contributed by atoms with van der Waals surface area (Å²) in [4.78, 5) is 3.53. The van der Waals surface area contributed by atoms with Gasteiger partial charge in [-0.2, -0.15) is 5.26 Å². The number of hydrogen-bond acceptors (Lipinski definition) is 2. The van der Waals surface area contributed by atoms with Crippen LogP contribution in [-0.2, 0) is 0 Å². The summed E-state index contributed by atoms with van der Waals surface area (Å²) < 4.78 is 25.2. The Kier molecular flexibility index (Phi) is 3.55. The SMILES string of the molecule is N#Cc1c(Br)cnc(C(F)F)c1I. The first-order valence-corrected chi connectivity index (χ1v) is 4.97. The maximum Gasteiger partial charge on any atom is 0.281 e. The minimum Gasteiger partial charge on any atom is -0.253 e. The largest absolute Gasteiger partial charge is 0.281 e. The van der Waals surface area contributed by atoms with E-state index in [1.807, 2.05) is 6.07 Å². The molecule has 0 saturated carbocycles. The molecule has 0 aliphatic rings. The zero-order valence-corrected chi connectivity index (χ0v) is 9.80. The quantitative estimate of drug-likeness (QED) is 0.722. The number of rotatable bonds is 1. The van der Waals surface area contributed by atoms with E-state index in [4.69, 9.17) is 5.26 Å². The first-order valence-electron chi connectivity index (χ1n) is 3.10. The first-order chi connectivity index (χ1) is 6.07. The molecule has 0 amide bonds. The Morgan fingerprint density at radius 3 is 2.69 bits per heavy atom. The van der Waals surface area contributed by atoms with Crippen LogP contribution in [0.5, 0.6) is 0 Å². The van der Waals surface area contributed by atoms with Crippen LogP contribution in [0.4, 0.5) is 8.78 Å². The molecule has 0 aliphatic heterocycles. The predicted octanol–water partition coefficient (Wildman–Crippen LogP) is 3.26. The van der Waals surface area contributed by atoms with Crippen LogP contribution in [0.3, 0.4) is 0 Å². The second kappa shape index (κ2) is 4.28. The average molecular weight is 359 g/mol. The molecule has 1 aromatic heterocycles. The van der Waals surface area contributed by atoms with E-state index < -0.39 is 6.43 Å². The Balaban J connectivity index is 3.38. The highest BCUT2D eigenvalue weighted by Crippen LogP contribution is 2.28. The van der Waals surface area contributed by atoms with Gasteiger partial charge in [-0.1, -0.05) is 0 Å². The van der Waals surface area contributed by atoms with Crippen LogP contribution >= 0.6 is 38.5 Å². The summed E-state index contributed by atoms with van der Waals surface area (Å²) in [5.41, 5.74) is -0.147. The second-order valence-corrected chi connectivity index (χ2v) is 4.03. The van der Waals surface area contributed by atoms with Gasteiger partial charge in [0, 0.05) is 6.20 Å². The Labute approximate surface area is 95.2 Å². The van der Waals surface area contributed by atoms with E-state index in [0.29, 0.717) is 4.47 Å². The summed E-state index contributed by atoms with van der Waals surface area (Å²) >= 11 is 4.74. The van der Waals surface area contributed by atoms with Crippen molar-refractivity contribution >= 4 is 38.5 Å². The topological polar surface area (TPSA) is 36.7 Å². The smallest absolute Gasteiger partial charge is 0.253 e. The van der Waals surface area contributed by atoms with E-state index in [1.165, 1.54) is 6.20 Å². The minimum absolute atomic E-state index is 0.199. The summed E-state index contributed by atoms with van der Waals surface area (Å²) in [6.07, 6.45) is -1.44. The zero-order valence-electron chi connectivity index (χ0n) is 6.06. The van der Waals surface area contributed by atoms with Crippen LogP contribution in [0.25, 0.3) is 0 Å². The van der Waals surface area contributed by atoms with E-state index >= 15 is 0 Å². The third-order valence-corrected chi connectivity index (χ3v) is 3.01. The summed E-state index contributed by atoms with van der Waals surface area (Å²) in [6, 6.07) is 1.83. The molecule has 0 unspecified atom stereocenters. The van der Waals surface area contributed by atoms with E-state index in [9.17, 15) is 8.78 Å². The lowest BCUT2D eigenvalue weighted by Crippen LogP contribution is -1.98. The van der Waals surface area contributed by atoms with Crippen LogP contribution in [0, 0.1) is 14.9 Å². The van der Waals surface area contributed by atoms with E-state index in [-0.39, 0.29) is 14.8 Å². The van der Waals surface area contributed by atoms with Crippen molar-refractivity contribution in [2.75, 3.05) is 0 Å². The Bertz CT molecular complexity index is 375. The van der Waals surface area contributed by atoms with E-state index in [2.05, 4.69) is 20.9 Å². The number of pyridine rings is 1. The lowest BCUT2D eigenvalue weighted by atomic mass is 10.2. The number of aromatic nitrogens is 1. The standard InChI is InChI=1S/C7H2BrF2IN2/c8-4-2-13-6(7(9)10)5(11)3(4)1-12/h2,7H. The number of nitrogens with zero attached hydrogens (tertiary/aromatic N) is 2. The van der Waals surface area contributed by atoms with Gasteiger partial charge in [0.25, 0.3) is 6.43 Å². The van der Waals surface area contributed by atoms with Gasteiger partial charge in [0.1, 0.15) is 11.8 Å². The molecule has 0 spiro atoms. The summed E-state index contributed by atoms with van der Waals surface area (Å²) in [6.45, 7) is 0. The molecule has 68 valence electrons. The van der Waals surface area contributed by atoms with Crippen LogP contribution in [-0.4, -0.2) is 4.98 Å². The van der Waals surface area contributed by atoms with Crippen molar-refractivity contribution in [1.82, 2.24) is 4.98 Å². The predicted molar refractivity (Wildman–Crippen MR) is 54.3 cm³/mol. The third kappa shape index (κ3) is 2.14. The maximum atomic E-state index is 12.3. The van der Waals surface area contributed by atoms with Gasteiger partial charge in [-0.25, -0.2) is 8.78 Å². The van der Waals surface area contributed by atoms with E-state index in [1.54, 1.807) is 22.6 Å². The van der Waals surface area contributed by atoms with Crippen LogP contribution in [0.1, 0.15) is 17.7 Å². The summed E-state index contributed by atoms with van der Waals surface area (Å²) in [7, 11) is 0. The molecule has 2 nitrogen and oxygen atoms in total. The minimum atomic E-state index is -2.65. The highest BCUT2D eigenvalue weighted by molar-refractivity contribution is 14.1. The van der Waals surface area contributed by atoms with Crippen molar-refractivity contribution in [3.63, 3.8) is 0 Å². The number of alkyl halides is 2. The summed E-state index contributed by atoms with van der Waals surface area (Å²) in [5, 5.41) is 8.65. The molecule has 1 rings (SSSR count). The number of hydrogen-bond donors (Lipinski definition) is 0. The Morgan fingerprint density at radius 1 is 1.62 bits per heavy atom. The van der Waals surface area contributed by atoms with Crippen molar-refractivity contribution in [2.24, 2.45) is 0 Å². The fourth-order valence-corrected chi connectivity index (χ4v) is 2.28. The number of halogens is 4. The molecule has 13 heavy (non-hydrogen) atoms. The molecule has 0 aromatic carbocycles. The van der Waals surface area contributed by atoms with E-state index in [0.717, 1.165) is 0 Å². The van der Waals surface area contributed by atoms with Gasteiger partial charge in [-0.15, -0.1) is 0 Å². The van der Waals surface area contributed by atoms with Crippen molar-refractivity contribution in [3.05, 3.63) is 25.5 Å². The fraction of sp³-hybridized carbons (Fsp3) is 0.143. The van der Waals surface area contributed by atoms with Gasteiger partial charge in [-0.3, -0.25) is 4.98 Å². The van der Waals surface area contributed by atoms with Crippen molar-refractivity contribution in [2.45, 2.75) is 6.43 Å². The monoisotopic (exact) mass is 358 g/mol. The van der Waals surface area contributed by atoms with Gasteiger partial charge < -0.3 is 0 Å². The molecule has 1 aromatic rings. The van der Waals surface area contributed by atoms with Gasteiger partial charge in [0.05, 0.1) is 13.6 Å². The molecule has 0 bridgehead atoms. The normalized spacial score (nSPS) is 10.2. The zero-order chi connectivity index (χ0) is 10.0. The second-order valence-electron chi connectivity index (χ2n) is 2.09. The highest BCUT2D eigenvalue weighted by Gasteiger charge is 2.17. The molecular weight excluding hydrogens is 357 g/mol. The van der Waals surface area contributed by atoms with Crippen LogP contribution in [0.2, 0.25) is 0 Å². The van der Waals surface area contributed by atoms with Crippen LogP contribution < -0.4 is 0 Å². The molecule has 0 saturated heterocycles.